The summed E-state index contributed by atoms with van der Waals surface area (Å²) in [5.74, 6) is 2.34. The Morgan fingerprint density at radius 2 is 2.50 bits per heavy atom. The van der Waals surface area contributed by atoms with Crippen molar-refractivity contribution in [1.82, 2.24) is 14.7 Å². The molecule has 0 N–H and O–H groups in total. The zero-order valence-electron chi connectivity index (χ0n) is 10.6. The van der Waals surface area contributed by atoms with Crippen molar-refractivity contribution in [3.05, 3.63) is 16.9 Å². The molecule has 0 radical (unpaired) electrons. The lowest BCUT2D eigenvalue weighted by Gasteiger charge is -2.39. The van der Waals surface area contributed by atoms with Crippen LogP contribution in [0, 0.1) is 0 Å². The van der Waals surface area contributed by atoms with Gasteiger partial charge in [-0.05, 0) is 12.2 Å². The Kier molecular flexibility index (Phi) is 3.58. The number of nitrogens with zero attached hydrogens (tertiary/aromatic N) is 3. The average molecular weight is 288 g/mol. The molecule has 0 aromatic carbocycles. The summed E-state index contributed by atoms with van der Waals surface area (Å²) < 4.78 is 7.79. The van der Waals surface area contributed by atoms with Crippen LogP contribution in [-0.2, 0) is 18.3 Å². The minimum absolute atomic E-state index is 0.0875. The molecule has 4 nitrogen and oxygen atoms in total. The standard InChI is InChI=1S/C12H18ClN3OS/c1-15-6-10(13)11(14-15)7-16-3-4-17-12(8-16)2-5-18-9-12/h6H,2-5,7-9H2,1H3. The van der Waals surface area contributed by atoms with E-state index in [0.29, 0.717) is 0 Å². The minimum Gasteiger partial charge on any atom is -0.371 e. The molecule has 0 amide bonds. The number of ether oxygens (including phenoxy) is 1. The zero-order valence-corrected chi connectivity index (χ0v) is 12.1. The first-order chi connectivity index (χ1) is 8.67. The van der Waals surface area contributed by atoms with Crippen LogP contribution in [0.1, 0.15) is 12.1 Å². The summed E-state index contributed by atoms with van der Waals surface area (Å²) in [5.41, 5.74) is 1.06. The van der Waals surface area contributed by atoms with E-state index >= 15 is 0 Å². The number of aryl methyl sites for hydroxylation is 1. The van der Waals surface area contributed by atoms with Gasteiger partial charge in [0.1, 0.15) is 0 Å². The summed E-state index contributed by atoms with van der Waals surface area (Å²) in [4.78, 5) is 2.42. The van der Waals surface area contributed by atoms with Crippen LogP contribution in [0.4, 0.5) is 0 Å². The Bertz CT molecular complexity index is 431. The molecule has 1 aromatic rings. The lowest BCUT2D eigenvalue weighted by atomic mass is 10.0. The van der Waals surface area contributed by atoms with Crippen LogP contribution in [0.5, 0.6) is 0 Å². The molecular formula is C12H18ClN3OS. The number of aromatic nitrogens is 2. The normalized spacial score (nSPS) is 29.2. The minimum atomic E-state index is 0.0875. The molecule has 3 rings (SSSR count). The molecule has 100 valence electrons. The molecule has 1 unspecified atom stereocenters. The van der Waals surface area contributed by atoms with Crippen molar-refractivity contribution < 1.29 is 4.74 Å². The Morgan fingerprint density at radius 1 is 1.61 bits per heavy atom. The van der Waals surface area contributed by atoms with Crippen LogP contribution in [0.3, 0.4) is 0 Å². The first-order valence-corrected chi connectivity index (χ1v) is 7.82. The molecule has 2 aliphatic rings. The van der Waals surface area contributed by atoms with Gasteiger partial charge in [0.2, 0.25) is 0 Å². The fourth-order valence-corrected chi connectivity index (χ4v) is 4.30. The lowest BCUT2D eigenvalue weighted by Crippen LogP contribution is -2.51. The lowest BCUT2D eigenvalue weighted by molar-refractivity contribution is -0.0948. The molecule has 0 bridgehead atoms. The zero-order chi connectivity index (χ0) is 12.6. The summed E-state index contributed by atoms with van der Waals surface area (Å²) in [7, 11) is 1.91. The largest absolute Gasteiger partial charge is 0.371 e. The maximum absolute atomic E-state index is 6.17. The van der Waals surface area contributed by atoms with Crippen LogP contribution in [0.15, 0.2) is 6.20 Å². The monoisotopic (exact) mass is 287 g/mol. The third kappa shape index (κ3) is 2.54. The van der Waals surface area contributed by atoms with Crippen LogP contribution in [0.25, 0.3) is 0 Å². The smallest absolute Gasteiger partial charge is 0.0950 e. The van der Waals surface area contributed by atoms with Crippen LogP contribution >= 0.6 is 23.4 Å². The third-order valence-corrected chi connectivity index (χ3v) is 5.16. The van der Waals surface area contributed by atoms with E-state index in [4.69, 9.17) is 16.3 Å². The Hall–Kier alpha value is -0.230. The summed E-state index contributed by atoms with van der Waals surface area (Å²) in [6.45, 7) is 3.63. The summed E-state index contributed by atoms with van der Waals surface area (Å²) >= 11 is 8.17. The van der Waals surface area contributed by atoms with E-state index in [1.54, 1.807) is 4.68 Å². The Balaban J connectivity index is 1.67. The SMILES string of the molecule is Cn1cc(Cl)c(CN2CCOC3(CCSC3)C2)n1. The van der Waals surface area contributed by atoms with Crippen molar-refractivity contribution in [3.63, 3.8) is 0 Å². The second-order valence-electron chi connectivity index (χ2n) is 5.14. The summed E-state index contributed by atoms with van der Waals surface area (Å²) in [6, 6.07) is 0. The number of hydrogen-bond acceptors (Lipinski definition) is 4. The van der Waals surface area contributed by atoms with Gasteiger partial charge in [-0.2, -0.15) is 16.9 Å². The molecule has 0 aliphatic carbocycles. The molecule has 1 aromatic heterocycles. The Morgan fingerprint density at radius 3 is 3.17 bits per heavy atom. The molecule has 2 fully saturated rings. The van der Waals surface area contributed by atoms with Crippen molar-refractivity contribution in [1.29, 1.82) is 0 Å². The van der Waals surface area contributed by atoms with Gasteiger partial charge in [-0.3, -0.25) is 9.58 Å². The highest BCUT2D eigenvalue weighted by molar-refractivity contribution is 7.99. The number of morpholine rings is 1. The fourth-order valence-electron chi connectivity index (χ4n) is 2.71. The number of thioether (sulfide) groups is 1. The van der Waals surface area contributed by atoms with Crippen molar-refractivity contribution in [3.8, 4) is 0 Å². The number of rotatable bonds is 2. The summed E-state index contributed by atoms with van der Waals surface area (Å²) in [6.07, 6.45) is 3.03. The molecular weight excluding hydrogens is 270 g/mol. The van der Waals surface area contributed by atoms with Gasteiger partial charge in [0.25, 0.3) is 0 Å². The van der Waals surface area contributed by atoms with E-state index in [2.05, 4.69) is 10.00 Å². The maximum Gasteiger partial charge on any atom is 0.0950 e. The molecule has 2 saturated heterocycles. The molecule has 2 aliphatic heterocycles. The van der Waals surface area contributed by atoms with Gasteiger partial charge in [0, 0.05) is 38.6 Å². The molecule has 3 heterocycles. The van der Waals surface area contributed by atoms with Gasteiger partial charge < -0.3 is 4.74 Å². The van der Waals surface area contributed by atoms with Gasteiger partial charge in [0.15, 0.2) is 0 Å². The highest BCUT2D eigenvalue weighted by Gasteiger charge is 2.39. The van der Waals surface area contributed by atoms with Gasteiger partial charge in [0.05, 0.1) is 22.9 Å². The molecule has 1 atom stereocenters. The van der Waals surface area contributed by atoms with Crippen molar-refractivity contribution in [2.45, 2.75) is 18.6 Å². The number of hydrogen-bond donors (Lipinski definition) is 0. The van der Waals surface area contributed by atoms with E-state index in [1.165, 1.54) is 12.2 Å². The van der Waals surface area contributed by atoms with E-state index in [-0.39, 0.29) is 5.60 Å². The predicted octanol–water partition coefficient (Wildman–Crippen LogP) is 1.78. The van der Waals surface area contributed by atoms with Crippen molar-refractivity contribution in [2.24, 2.45) is 7.05 Å². The third-order valence-electron chi connectivity index (χ3n) is 3.62. The quantitative estimate of drug-likeness (QED) is 0.830. The summed E-state index contributed by atoms with van der Waals surface area (Å²) in [5, 5.41) is 5.18. The second kappa shape index (κ2) is 5.04. The van der Waals surface area contributed by atoms with Gasteiger partial charge in [-0.25, -0.2) is 0 Å². The van der Waals surface area contributed by atoms with Crippen LogP contribution in [-0.4, -0.2) is 51.5 Å². The van der Waals surface area contributed by atoms with Gasteiger partial charge in [-0.15, -0.1) is 0 Å². The van der Waals surface area contributed by atoms with Crippen molar-refractivity contribution >= 4 is 23.4 Å². The van der Waals surface area contributed by atoms with Crippen LogP contribution < -0.4 is 0 Å². The molecule has 1 spiro atoms. The maximum atomic E-state index is 6.17. The van der Waals surface area contributed by atoms with Gasteiger partial charge in [-0.1, -0.05) is 11.6 Å². The highest BCUT2D eigenvalue weighted by atomic mass is 35.5. The highest BCUT2D eigenvalue weighted by Crippen LogP contribution is 2.34. The van der Waals surface area contributed by atoms with E-state index in [9.17, 15) is 0 Å². The second-order valence-corrected chi connectivity index (χ2v) is 6.65. The van der Waals surface area contributed by atoms with Gasteiger partial charge >= 0.3 is 0 Å². The molecule has 0 saturated carbocycles. The molecule has 6 heteroatoms. The van der Waals surface area contributed by atoms with Crippen molar-refractivity contribution in [2.75, 3.05) is 31.2 Å². The number of halogens is 1. The van der Waals surface area contributed by atoms with E-state index < -0.39 is 0 Å². The topological polar surface area (TPSA) is 30.3 Å². The average Bonchev–Trinajstić information content (AvgIpc) is 2.88. The first kappa shape index (κ1) is 12.8. The Labute approximate surface area is 117 Å². The predicted molar refractivity (Wildman–Crippen MR) is 74.1 cm³/mol. The molecule has 18 heavy (non-hydrogen) atoms. The van der Waals surface area contributed by atoms with Crippen LogP contribution in [0.2, 0.25) is 5.02 Å². The fraction of sp³-hybridized carbons (Fsp3) is 0.750. The first-order valence-electron chi connectivity index (χ1n) is 6.29. The van der Waals surface area contributed by atoms with E-state index in [0.717, 1.165) is 42.7 Å². The van der Waals surface area contributed by atoms with E-state index in [1.807, 2.05) is 25.0 Å².